The Morgan fingerprint density at radius 2 is 1.55 bits per heavy atom. The summed E-state index contributed by atoms with van der Waals surface area (Å²) in [5.41, 5.74) is 3.50. The largest absolute Gasteiger partial charge is 0.457 e. The number of pyridine rings is 1. The Kier molecular flexibility index (Phi) is 5.21. The van der Waals surface area contributed by atoms with Gasteiger partial charge in [-0.25, -0.2) is 9.19 Å². The van der Waals surface area contributed by atoms with E-state index in [1.807, 2.05) is 114 Å². The van der Waals surface area contributed by atoms with Gasteiger partial charge in [-0.15, -0.1) is 0 Å². The summed E-state index contributed by atoms with van der Waals surface area (Å²) < 4.78 is 23.5. The summed E-state index contributed by atoms with van der Waals surface area (Å²) in [6, 6.07) is 30.5. The van der Waals surface area contributed by atoms with Crippen LogP contribution in [-0.2, 0) is 11.0 Å². The van der Waals surface area contributed by atoms with Crippen LogP contribution in [0.15, 0.2) is 114 Å². The third-order valence-electron chi connectivity index (χ3n) is 4.74. The van der Waals surface area contributed by atoms with Gasteiger partial charge >= 0.3 is 0 Å². The second kappa shape index (κ2) is 8.45. The Morgan fingerprint density at radius 1 is 0.806 bits per heavy atom. The lowest BCUT2D eigenvalue weighted by Crippen LogP contribution is -2.04. The van der Waals surface area contributed by atoms with Crippen LogP contribution in [0.25, 0.3) is 16.9 Å². The van der Waals surface area contributed by atoms with Crippen LogP contribution in [0.5, 0.6) is 11.5 Å². The average Bonchev–Trinajstić information content (AvgIpc) is 3.24. The molecular weight excluding hydrogens is 406 g/mol. The lowest BCUT2D eigenvalue weighted by molar-refractivity contribution is 0.482. The molecule has 2 aromatic heterocycles. The third-order valence-corrected chi connectivity index (χ3v) is 5.86. The summed E-state index contributed by atoms with van der Waals surface area (Å²) in [6.45, 7) is 0. The normalized spacial score (nSPS) is 11.9. The Bertz CT molecular complexity index is 1350. The molecule has 1 unspecified atom stereocenters. The van der Waals surface area contributed by atoms with Crippen LogP contribution < -0.4 is 9.46 Å². The highest BCUT2D eigenvalue weighted by Gasteiger charge is 2.07. The lowest BCUT2D eigenvalue weighted by atomic mass is 10.2. The fourth-order valence-electron chi connectivity index (χ4n) is 3.24. The summed E-state index contributed by atoms with van der Waals surface area (Å²) in [5, 5.41) is 0. The molecule has 6 heteroatoms. The smallest absolute Gasteiger partial charge is 0.150 e. The molecule has 0 amide bonds. The van der Waals surface area contributed by atoms with E-state index in [2.05, 4.69) is 4.72 Å². The summed E-state index contributed by atoms with van der Waals surface area (Å²) in [4.78, 5) is 5.42. The van der Waals surface area contributed by atoms with E-state index in [0.29, 0.717) is 22.1 Å². The molecule has 5 aromatic rings. The fourth-order valence-corrected chi connectivity index (χ4v) is 4.11. The van der Waals surface area contributed by atoms with Crippen molar-refractivity contribution in [1.29, 1.82) is 0 Å². The molecule has 5 nitrogen and oxygen atoms in total. The number of nitrogens with one attached hydrogen (secondary N) is 1. The van der Waals surface area contributed by atoms with Crippen LogP contribution in [0.4, 0.5) is 5.69 Å². The Morgan fingerprint density at radius 3 is 2.35 bits per heavy atom. The van der Waals surface area contributed by atoms with Crippen molar-refractivity contribution in [3.63, 3.8) is 0 Å². The van der Waals surface area contributed by atoms with E-state index >= 15 is 0 Å². The molecule has 0 fully saturated rings. The van der Waals surface area contributed by atoms with Crippen molar-refractivity contribution in [2.45, 2.75) is 4.90 Å². The first-order valence-electron chi connectivity index (χ1n) is 9.80. The Labute approximate surface area is 182 Å². The zero-order valence-electron chi connectivity index (χ0n) is 16.5. The molecule has 3 aromatic carbocycles. The number of fused-ring (bicyclic) bond motifs is 1. The van der Waals surface area contributed by atoms with Gasteiger partial charge in [0.15, 0.2) is 0 Å². The molecule has 0 radical (unpaired) electrons. The van der Waals surface area contributed by atoms with Crippen molar-refractivity contribution in [2.24, 2.45) is 0 Å². The molecule has 0 bridgehead atoms. The lowest BCUT2D eigenvalue weighted by Gasteiger charge is -2.09. The fraction of sp³-hybridized carbons (Fsp3) is 0. The minimum Gasteiger partial charge on any atom is -0.457 e. The van der Waals surface area contributed by atoms with Crippen LogP contribution in [-0.4, -0.2) is 13.6 Å². The zero-order valence-corrected chi connectivity index (χ0v) is 17.3. The molecule has 2 heterocycles. The number of anilines is 1. The van der Waals surface area contributed by atoms with Gasteiger partial charge in [-0.05, 0) is 30.3 Å². The first-order valence-corrected chi connectivity index (χ1v) is 11.0. The zero-order chi connectivity index (χ0) is 21.0. The number of hydrogen-bond donors (Lipinski definition) is 1. The third kappa shape index (κ3) is 4.34. The topological polar surface area (TPSA) is 55.6 Å². The molecule has 0 aliphatic rings. The molecule has 5 rings (SSSR count). The van der Waals surface area contributed by atoms with Crippen molar-refractivity contribution in [1.82, 2.24) is 9.38 Å². The first kappa shape index (κ1) is 19.1. The van der Waals surface area contributed by atoms with E-state index in [1.54, 1.807) is 0 Å². The number of rotatable bonds is 6. The number of aromatic nitrogens is 2. The van der Waals surface area contributed by atoms with Crippen LogP contribution in [0.3, 0.4) is 0 Å². The van der Waals surface area contributed by atoms with Gasteiger partial charge in [0.1, 0.15) is 28.1 Å². The maximum absolute atomic E-state index is 12.5. The second-order valence-electron chi connectivity index (χ2n) is 6.93. The van der Waals surface area contributed by atoms with Gasteiger partial charge < -0.3 is 13.9 Å². The van der Waals surface area contributed by atoms with Gasteiger partial charge in [-0.1, -0.05) is 54.6 Å². The van der Waals surface area contributed by atoms with Gasteiger partial charge in [-0.2, -0.15) is 0 Å². The van der Waals surface area contributed by atoms with Gasteiger partial charge in [-0.3, -0.25) is 0 Å². The highest BCUT2D eigenvalue weighted by Crippen LogP contribution is 2.27. The van der Waals surface area contributed by atoms with Gasteiger partial charge in [0.25, 0.3) is 0 Å². The maximum Gasteiger partial charge on any atom is 0.150 e. The van der Waals surface area contributed by atoms with Crippen molar-refractivity contribution >= 4 is 22.3 Å². The number of ether oxygens (including phenoxy) is 1. The Hall–Kier alpha value is -3.90. The van der Waals surface area contributed by atoms with Crippen LogP contribution >= 0.6 is 0 Å². The van der Waals surface area contributed by atoms with Gasteiger partial charge in [0.2, 0.25) is 0 Å². The molecule has 0 aliphatic carbocycles. The van der Waals surface area contributed by atoms with E-state index in [9.17, 15) is 4.21 Å². The van der Waals surface area contributed by atoms with Crippen molar-refractivity contribution in [2.75, 3.05) is 4.72 Å². The summed E-state index contributed by atoms with van der Waals surface area (Å²) in [5.74, 6) is 1.33. The van der Waals surface area contributed by atoms with E-state index in [1.165, 1.54) is 0 Å². The van der Waals surface area contributed by atoms with Gasteiger partial charge in [0, 0.05) is 30.1 Å². The summed E-state index contributed by atoms with van der Waals surface area (Å²) >= 11 is 0. The molecule has 0 spiro atoms. The number of imidazole rings is 1. The summed E-state index contributed by atoms with van der Waals surface area (Å²) in [7, 11) is -1.34. The molecule has 0 saturated heterocycles. The standard InChI is InChI=1S/C25H19N3O2S/c29-31(23-12-5-2-6-13-23)27-20-10-7-11-21(16-20)30-22-14-15-28-18-24(26-25(28)17-22)19-8-3-1-4-9-19/h1-18,27H. The first-order chi connectivity index (χ1) is 15.2. The predicted octanol–water partition coefficient (Wildman–Crippen LogP) is 5.93. The summed E-state index contributed by atoms with van der Waals surface area (Å²) in [6.07, 6.45) is 3.93. The molecule has 0 saturated carbocycles. The van der Waals surface area contributed by atoms with Gasteiger partial charge in [0.05, 0.1) is 16.3 Å². The average molecular weight is 426 g/mol. The second-order valence-corrected chi connectivity index (χ2v) is 8.15. The molecule has 1 N–H and O–H groups in total. The van der Waals surface area contributed by atoms with Crippen molar-refractivity contribution < 1.29 is 8.95 Å². The Balaban J connectivity index is 1.35. The minimum atomic E-state index is -1.34. The number of benzene rings is 3. The van der Waals surface area contributed by atoms with Crippen molar-refractivity contribution in [3.8, 4) is 22.8 Å². The van der Waals surface area contributed by atoms with E-state index in [4.69, 9.17) is 9.72 Å². The van der Waals surface area contributed by atoms with Crippen LogP contribution in [0.1, 0.15) is 0 Å². The highest BCUT2D eigenvalue weighted by atomic mass is 32.2. The monoisotopic (exact) mass is 425 g/mol. The molecule has 1 atom stereocenters. The van der Waals surface area contributed by atoms with Crippen molar-refractivity contribution in [3.05, 3.63) is 109 Å². The highest BCUT2D eigenvalue weighted by molar-refractivity contribution is 7.86. The minimum absolute atomic E-state index is 0.647. The SMILES string of the molecule is O=S(Nc1cccc(Oc2ccn3cc(-c4ccccc4)nc3c2)c1)c1ccccc1. The maximum atomic E-state index is 12.5. The molecule has 31 heavy (non-hydrogen) atoms. The van der Waals surface area contributed by atoms with Crippen LogP contribution in [0.2, 0.25) is 0 Å². The van der Waals surface area contributed by atoms with E-state index in [0.717, 1.165) is 16.9 Å². The predicted molar refractivity (Wildman–Crippen MR) is 124 cm³/mol. The number of hydrogen-bond acceptors (Lipinski definition) is 3. The van der Waals surface area contributed by atoms with E-state index in [-0.39, 0.29) is 0 Å². The quantitative estimate of drug-likeness (QED) is 0.367. The molecule has 152 valence electrons. The number of nitrogens with zero attached hydrogens (tertiary/aromatic N) is 2. The molecule has 0 aliphatic heterocycles. The van der Waals surface area contributed by atoms with E-state index < -0.39 is 11.0 Å². The van der Waals surface area contributed by atoms with Crippen LogP contribution in [0, 0.1) is 0 Å². The molecular formula is C25H19N3O2S.